The van der Waals surface area contributed by atoms with E-state index in [1.54, 1.807) is 18.5 Å². The van der Waals surface area contributed by atoms with E-state index < -0.39 is 0 Å². The molecule has 1 atom stereocenters. The summed E-state index contributed by atoms with van der Waals surface area (Å²) in [5, 5.41) is 15.0. The van der Waals surface area contributed by atoms with E-state index in [0.717, 1.165) is 32.3 Å². The van der Waals surface area contributed by atoms with Gasteiger partial charge in [0.2, 0.25) is 0 Å². The maximum Gasteiger partial charge on any atom is 0.126 e. The highest BCUT2D eigenvalue weighted by Crippen LogP contribution is 2.37. The molecule has 2 aromatic carbocycles. The normalized spacial score (nSPS) is 12.0. The lowest BCUT2D eigenvalue weighted by molar-refractivity contribution is 0.468. The minimum atomic E-state index is -0.272. The van der Waals surface area contributed by atoms with Crippen LogP contribution in [0, 0.1) is 0 Å². The highest BCUT2D eigenvalue weighted by Gasteiger charge is 2.21. The van der Waals surface area contributed by atoms with E-state index in [9.17, 15) is 5.11 Å². The smallest absolute Gasteiger partial charge is 0.126 e. The summed E-state index contributed by atoms with van der Waals surface area (Å²) in [6.07, 6.45) is 3.50. The molecular formula is C21H16BrN3O. The number of nitrogens with one attached hydrogen (secondary N) is 1. The number of fused-ring (bicyclic) bond motifs is 1. The second kappa shape index (κ2) is 7.14. The van der Waals surface area contributed by atoms with Crippen molar-refractivity contribution in [3.8, 4) is 5.75 Å². The molecule has 4 rings (SSSR count). The number of halogens is 1. The molecule has 0 bridgehead atoms. The number of hydrogen-bond donors (Lipinski definition) is 2. The molecule has 0 aliphatic rings. The molecule has 5 heteroatoms. The molecule has 0 spiro atoms. The summed E-state index contributed by atoms with van der Waals surface area (Å²) in [4.78, 5) is 8.80. The molecule has 0 amide bonds. The molecule has 0 radical (unpaired) electrons. The van der Waals surface area contributed by atoms with Crippen LogP contribution in [0.3, 0.4) is 0 Å². The first-order valence-electron chi connectivity index (χ1n) is 8.22. The predicted molar refractivity (Wildman–Crippen MR) is 107 cm³/mol. The van der Waals surface area contributed by atoms with Gasteiger partial charge in [0, 0.05) is 27.8 Å². The van der Waals surface area contributed by atoms with Crippen LogP contribution in [0.2, 0.25) is 0 Å². The number of aromatic hydroxyl groups is 1. The Hall–Kier alpha value is -2.92. The Morgan fingerprint density at radius 3 is 2.42 bits per heavy atom. The van der Waals surface area contributed by atoms with Gasteiger partial charge in [-0.3, -0.25) is 4.98 Å². The first-order valence-corrected chi connectivity index (χ1v) is 9.01. The van der Waals surface area contributed by atoms with Crippen LogP contribution in [0.4, 0.5) is 5.82 Å². The standard InChI is InChI=1S/C21H16BrN3O/c22-15-8-6-14(7-9-15)21(25-19-5-1-2-12-24-19)20-16-4-3-13-23-17(16)10-11-18(20)26/h1-13,21,26H,(H,24,25)/t21-/m1/s1. The summed E-state index contributed by atoms with van der Waals surface area (Å²) in [5.74, 6) is 0.961. The third kappa shape index (κ3) is 3.26. The Morgan fingerprint density at radius 1 is 0.846 bits per heavy atom. The van der Waals surface area contributed by atoms with Crippen molar-refractivity contribution in [3.05, 3.63) is 94.7 Å². The number of hydrogen-bond acceptors (Lipinski definition) is 4. The number of nitrogens with zero attached hydrogens (tertiary/aromatic N) is 2. The number of rotatable bonds is 4. The van der Waals surface area contributed by atoms with Crippen molar-refractivity contribution in [2.24, 2.45) is 0 Å². The van der Waals surface area contributed by atoms with Crippen LogP contribution in [0.5, 0.6) is 5.75 Å². The number of phenolic OH excluding ortho intramolecular Hbond substituents is 1. The van der Waals surface area contributed by atoms with Gasteiger partial charge in [-0.15, -0.1) is 0 Å². The van der Waals surface area contributed by atoms with E-state index >= 15 is 0 Å². The molecule has 0 unspecified atom stereocenters. The Balaban J connectivity index is 1.91. The molecule has 0 fully saturated rings. The number of aromatic nitrogens is 2. The Bertz CT molecular complexity index is 1040. The molecule has 128 valence electrons. The van der Waals surface area contributed by atoms with Gasteiger partial charge < -0.3 is 10.4 Å². The van der Waals surface area contributed by atoms with Gasteiger partial charge in [-0.25, -0.2) is 4.98 Å². The summed E-state index contributed by atoms with van der Waals surface area (Å²) in [6, 6.07) is 20.8. The molecule has 0 aliphatic carbocycles. The zero-order chi connectivity index (χ0) is 17.9. The molecule has 26 heavy (non-hydrogen) atoms. The van der Waals surface area contributed by atoms with E-state index in [-0.39, 0.29) is 11.8 Å². The van der Waals surface area contributed by atoms with Crippen LogP contribution in [0.1, 0.15) is 17.2 Å². The van der Waals surface area contributed by atoms with Crippen molar-refractivity contribution >= 4 is 32.7 Å². The third-order valence-corrected chi connectivity index (χ3v) is 4.78. The summed E-state index contributed by atoms with van der Waals surface area (Å²) in [6.45, 7) is 0. The first-order chi connectivity index (χ1) is 12.7. The molecule has 0 saturated carbocycles. The van der Waals surface area contributed by atoms with E-state index in [0.29, 0.717) is 0 Å². The lowest BCUT2D eigenvalue weighted by Gasteiger charge is -2.23. The summed E-state index contributed by atoms with van der Waals surface area (Å²) < 4.78 is 1.00. The molecular weight excluding hydrogens is 390 g/mol. The van der Waals surface area contributed by atoms with E-state index in [4.69, 9.17) is 0 Å². The number of pyridine rings is 2. The van der Waals surface area contributed by atoms with Crippen molar-refractivity contribution in [1.82, 2.24) is 9.97 Å². The Kier molecular flexibility index (Phi) is 4.54. The maximum atomic E-state index is 10.7. The van der Waals surface area contributed by atoms with Gasteiger partial charge >= 0.3 is 0 Å². The van der Waals surface area contributed by atoms with Crippen molar-refractivity contribution in [1.29, 1.82) is 0 Å². The predicted octanol–water partition coefficient (Wildman–Crippen LogP) is 5.30. The van der Waals surface area contributed by atoms with Gasteiger partial charge in [0.1, 0.15) is 11.6 Å². The fourth-order valence-electron chi connectivity index (χ4n) is 3.04. The quantitative estimate of drug-likeness (QED) is 0.483. The monoisotopic (exact) mass is 405 g/mol. The van der Waals surface area contributed by atoms with Gasteiger partial charge in [-0.1, -0.05) is 40.2 Å². The first kappa shape index (κ1) is 16.5. The summed E-state index contributed by atoms with van der Waals surface area (Å²) in [5.41, 5.74) is 2.64. The molecule has 0 aliphatic heterocycles. The van der Waals surface area contributed by atoms with Crippen molar-refractivity contribution in [2.75, 3.05) is 5.32 Å². The highest BCUT2D eigenvalue weighted by molar-refractivity contribution is 9.10. The van der Waals surface area contributed by atoms with Gasteiger partial charge in [0.05, 0.1) is 11.6 Å². The average Bonchev–Trinajstić information content (AvgIpc) is 2.68. The summed E-state index contributed by atoms with van der Waals surface area (Å²) in [7, 11) is 0. The number of phenols is 1. The fourth-order valence-corrected chi connectivity index (χ4v) is 3.30. The highest BCUT2D eigenvalue weighted by atomic mass is 79.9. The molecule has 2 heterocycles. The number of anilines is 1. The second-order valence-corrected chi connectivity index (χ2v) is 6.83. The van der Waals surface area contributed by atoms with Crippen LogP contribution in [-0.4, -0.2) is 15.1 Å². The minimum Gasteiger partial charge on any atom is -0.508 e. The van der Waals surface area contributed by atoms with E-state index in [2.05, 4.69) is 31.2 Å². The summed E-state index contributed by atoms with van der Waals surface area (Å²) >= 11 is 3.48. The Labute approximate surface area is 159 Å². The van der Waals surface area contributed by atoms with Crippen LogP contribution in [0.15, 0.2) is 83.6 Å². The zero-order valence-corrected chi connectivity index (χ0v) is 15.4. The zero-order valence-electron chi connectivity index (χ0n) is 13.8. The maximum absolute atomic E-state index is 10.7. The lowest BCUT2D eigenvalue weighted by atomic mass is 9.94. The minimum absolute atomic E-state index is 0.224. The van der Waals surface area contributed by atoms with Gasteiger partial charge in [-0.2, -0.15) is 0 Å². The Morgan fingerprint density at radius 2 is 1.65 bits per heavy atom. The molecule has 0 saturated heterocycles. The molecule has 4 nitrogen and oxygen atoms in total. The fraction of sp³-hybridized carbons (Fsp3) is 0.0476. The lowest BCUT2D eigenvalue weighted by Crippen LogP contribution is -2.14. The molecule has 4 aromatic rings. The largest absolute Gasteiger partial charge is 0.508 e. The van der Waals surface area contributed by atoms with E-state index in [1.165, 1.54) is 0 Å². The topological polar surface area (TPSA) is 58.0 Å². The van der Waals surface area contributed by atoms with Crippen LogP contribution in [-0.2, 0) is 0 Å². The van der Waals surface area contributed by atoms with Crippen LogP contribution in [0.25, 0.3) is 10.9 Å². The SMILES string of the molecule is Oc1ccc2ncccc2c1[C@H](Nc1ccccn1)c1ccc(Br)cc1. The van der Waals surface area contributed by atoms with Crippen LogP contribution < -0.4 is 5.32 Å². The molecule has 2 aromatic heterocycles. The molecule has 2 N–H and O–H groups in total. The second-order valence-electron chi connectivity index (χ2n) is 5.91. The van der Waals surface area contributed by atoms with Gasteiger partial charge in [0.15, 0.2) is 0 Å². The third-order valence-electron chi connectivity index (χ3n) is 4.25. The van der Waals surface area contributed by atoms with Crippen molar-refractivity contribution < 1.29 is 5.11 Å². The number of benzene rings is 2. The van der Waals surface area contributed by atoms with Crippen molar-refractivity contribution in [2.45, 2.75) is 6.04 Å². The van der Waals surface area contributed by atoms with Gasteiger partial charge in [0.25, 0.3) is 0 Å². The van der Waals surface area contributed by atoms with Gasteiger partial charge in [-0.05, 0) is 48.0 Å². The average molecular weight is 406 g/mol. The van der Waals surface area contributed by atoms with Crippen molar-refractivity contribution in [3.63, 3.8) is 0 Å². The van der Waals surface area contributed by atoms with Crippen LogP contribution >= 0.6 is 15.9 Å². The van der Waals surface area contributed by atoms with E-state index in [1.807, 2.05) is 60.7 Å².